The number of fused-ring (bicyclic) bond motifs is 1. The zero-order valence-electron chi connectivity index (χ0n) is 17.3. The van der Waals surface area contributed by atoms with E-state index in [1.54, 1.807) is 12.3 Å². The van der Waals surface area contributed by atoms with Gasteiger partial charge in [-0.15, -0.1) is 0 Å². The number of aryl methyl sites for hydroxylation is 1. The highest BCUT2D eigenvalue weighted by molar-refractivity contribution is 6.12. The number of amides is 1. The number of rotatable bonds is 3. The Kier molecular flexibility index (Phi) is 4.55. The summed E-state index contributed by atoms with van der Waals surface area (Å²) in [6, 6.07) is 19.0. The van der Waals surface area contributed by atoms with Gasteiger partial charge < -0.3 is 9.40 Å². The number of aromatic nitrogens is 1. The Balaban J connectivity index is 1.77. The van der Waals surface area contributed by atoms with Crippen LogP contribution in [0, 0.1) is 6.92 Å². The summed E-state index contributed by atoms with van der Waals surface area (Å²) in [5.41, 5.74) is 4.45. The molecule has 5 rings (SSSR count). The van der Waals surface area contributed by atoms with Gasteiger partial charge in [-0.1, -0.05) is 42.0 Å². The van der Waals surface area contributed by atoms with Crippen molar-refractivity contribution < 1.29 is 9.21 Å². The van der Waals surface area contributed by atoms with E-state index in [4.69, 9.17) is 4.42 Å². The van der Waals surface area contributed by atoms with Crippen LogP contribution in [0.2, 0.25) is 0 Å². The molecule has 4 aromatic rings. The fourth-order valence-corrected chi connectivity index (χ4v) is 4.24. The van der Waals surface area contributed by atoms with Gasteiger partial charge in [0.2, 0.25) is 5.91 Å². The first kappa shape index (κ1) is 19.1. The van der Waals surface area contributed by atoms with E-state index in [0.29, 0.717) is 23.5 Å². The van der Waals surface area contributed by atoms with Gasteiger partial charge in [0.15, 0.2) is 0 Å². The first-order valence-corrected chi connectivity index (χ1v) is 10.2. The van der Waals surface area contributed by atoms with Crippen molar-refractivity contribution in [2.45, 2.75) is 26.3 Å². The Morgan fingerprint density at radius 1 is 1.10 bits per heavy atom. The van der Waals surface area contributed by atoms with Crippen molar-refractivity contribution in [2.24, 2.45) is 5.10 Å². The van der Waals surface area contributed by atoms with Crippen molar-refractivity contribution >= 4 is 22.5 Å². The Morgan fingerprint density at radius 3 is 2.61 bits per heavy atom. The van der Waals surface area contributed by atoms with Crippen LogP contribution in [-0.4, -0.2) is 21.6 Å². The summed E-state index contributed by atoms with van der Waals surface area (Å²) in [5, 5.41) is 6.94. The molecule has 6 nitrogen and oxygen atoms in total. The van der Waals surface area contributed by atoms with Crippen LogP contribution < -0.4 is 5.56 Å². The molecule has 0 unspecified atom stereocenters. The Labute approximate surface area is 178 Å². The number of benzene rings is 2. The maximum Gasteiger partial charge on any atom is 0.258 e. The third-order valence-electron chi connectivity index (χ3n) is 5.63. The zero-order valence-corrected chi connectivity index (χ0v) is 17.3. The van der Waals surface area contributed by atoms with E-state index >= 15 is 0 Å². The van der Waals surface area contributed by atoms with Crippen LogP contribution in [0.3, 0.4) is 0 Å². The van der Waals surface area contributed by atoms with Crippen molar-refractivity contribution in [2.75, 3.05) is 0 Å². The minimum Gasteiger partial charge on any atom is -0.467 e. The lowest BCUT2D eigenvalue weighted by molar-refractivity contribution is -0.130. The van der Waals surface area contributed by atoms with Gasteiger partial charge in [-0.3, -0.25) is 9.59 Å². The number of carbonyl (C=O) groups excluding carboxylic acids is 1. The molecule has 6 heteroatoms. The molecule has 0 saturated carbocycles. The smallest absolute Gasteiger partial charge is 0.258 e. The minimum atomic E-state index is -0.376. The highest BCUT2D eigenvalue weighted by Gasteiger charge is 2.35. The molecule has 154 valence electrons. The fourth-order valence-electron chi connectivity index (χ4n) is 4.24. The largest absolute Gasteiger partial charge is 0.467 e. The quantitative estimate of drug-likeness (QED) is 0.526. The van der Waals surface area contributed by atoms with Gasteiger partial charge in [0.25, 0.3) is 5.56 Å². The van der Waals surface area contributed by atoms with Gasteiger partial charge in [0.1, 0.15) is 11.8 Å². The lowest BCUT2D eigenvalue weighted by Crippen LogP contribution is -2.23. The maximum atomic E-state index is 13.3. The lowest BCUT2D eigenvalue weighted by Gasteiger charge is -2.17. The number of pyridine rings is 1. The monoisotopic (exact) mass is 411 g/mol. The van der Waals surface area contributed by atoms with E-state index in [0.717, 1.165) is 27.6 Å². The summed E-state index contributed by atoms with van der Waals surface area (Å²) in [4.78, 5) is 28.6. The molecular formula is C25H21N3O3. The van der Waals surface area contributed by atoms with Crippen molar-refractivity contribution in [1.29, 1.82) is 0 Å². The van der Waals surface area contributed by atoms with Crippen LogP contribution in [0.4, 0.5) is 0 Å². The number of furan rings is 1. The molecule has 0 aliphatic carbocycles. The van der Waals surface area contributed by atoms with E-state index in [1.807, 2.05) is 55.5 Å². The van der Waals surface area contributed by atoms with Crippen LogP contribution in [0.5, 0.6) is 0 Å². The molecule has 0 bridgehead atoms. The Bertz CT molecular complexity index is 1370. The Morgan fingerprint density at radius 2 is 1.90 bits per heavy atom. The van der Waals surface area contributed by atoms with Crippen LogP contribution in [0.15, 0.2) is 81.2 Å². The molecule has 0 spiro atoms. The molecular weight excluding hydrogens is 390 g/mol. The normalized spacial score (nSPS) is 16.0. The van der Waals surface area contributed by atoms with E-state index in [9.17, 15) is 9.59 Å². The second kappa shape index (κ2) is 7.40. The van der Waals surface area contributed by atoms with Crippen molar-refractivity contribution in [1.82, 2.24) is 9.99 Å². The molecule has 2 aromatic heterocycles. The van der Waals surface area contributed by atoms with Crippen LogP contribution in [-0.2, 0) is 4.79 Å². The summed E-state index contributed by atoms with van der Waals surface area (Å²) in [6.45, 7) is 3.49. The SMILES string of the molecule is CC(=O)N1N=C(c2c(-c3ccccc3)c3cc(C)ccc3[nH]c2=O)C[C@H]1c1ccco1. The molecule has 1 amide bonds. The highest BCUT2D eigenvalue weighted by Crippen LogP contribution is 2.37. The van der Waals surface area contributed by atoms with Crippen molar-refractivity contribution in [3.05, 3.63) is 94.2 Å². The fraction of sp³-hybridized carbons (Fsp3) is 0.160. The van der Waals surface area contributed by atoms with E-state index in [-0.39, 0.29) is 17.5 Å². The van der Waals surface area contributed by atoms with Gasteiger partial charge in [0.05, 0.1) is 17.5 Å². The second-order valence-corrected chi connectivity index (χ2v) is 7.76. The summed E-state index contributed by atoms with van der Waals surface area (Å²) in [5.74, 6) is 0.439. The molecule has 31 heavy (non-hydrogen) atoms. The predicted molar refractivity (Wildman–Crippen MR) is 120 cm³/mol. The van der Waals surface area contributed by atoms with Crippen LogP contribution >= 0.6 is 0 Å². The summed E-state index contributed by atoms with van der Waals surface area (Å²) in [7, 11) is 0. The van der Waals surface area contributed by atoms with Gasteiger partial charge in [-0.2, -0.15) is 5.10 Å². The number of H-pyrrole nitrogens is 1. The van der Waals surface area contributed by atoms with E-state index in [2.05, 4.69) is 16.2 Å². The number of nitrogens with one attached hydrogen (secondary N) is 1. The third kappa shape index (κ3) is 3.26. The number of aromatic amines is 1. The first-order valence-electron chi connectivity index (χ1n) is 10.2. The summed E-state index contributed by atoms with van der Waals surface area (Å²) < 4.78 is 5.56. The number of hydrogen-bond donors (Lipinski definition) is 1. The third-order valence-corrected chi connectivity index (χ3v) is 5.63. The molecule has 3 heterocycles. The van der Waals surface area contributed by atoms with Gasteiger partial charge in [0, 0.05) is 29.8 Å². The first-order chi connectivity index (χ1) is 15.0. The highest BCUT2D eigenvalue weighted by atomic mass is 16.3. The number of hydrogen-bond acceptors (Lipinski definition) is 4. The lowest BCUT2D eigenvalue weighted by atomic mass is 9.91. The van der Waals surface area contributed by atoms with E-state index < -0.39 is 0 Å². The molecule has 1 atom stereocenters. The molecule has 0 fully saturated rings. The molecule has 1 aliphatic rings. The number of nitrogens with zero attached hydrogens (tertiary/aromatic N) is 2. The second-order valence-electron chi connectivity index (χ2n) is 7.76. The standard InChI is InChI=1S/C25H21N3O3/c1-15-10-11-19-18(13-15)23(17-7-4-3-5-8-17)24(25(30)26-19)20-14-21(22-9-6-12-31-22)28(27-20)16(2)29/h3-13,21H,14H2,1-2H3,(H,26,30)/t21-/m0/s1. The average Bonchev–Trinajstić information content (AvgIpc) is 3.43. The van der Waals surface area contributed by atoms with Crippen molar-refractivity contribution in [3.8, 4) is 11.1 Å². The average molecular weight is 411 g/mol. The Hall–Kier alpha value is -3.93. The zero-order chi connectivity index (χ0) is 21.5. The minimum absolute atomic E-state index is 0.203. The summed E-state index contributed by atoms with van der Waals surface area (Å²) in [6.07, 6.45) is 1.97. The van der Waals surface area contributed by atoms with Gasteiger partial charge >= 0.3 is 0 Å². The van der Waals surface area contributed by atoms with Gasteiger partial charge in [-0.25, -0.2) is 5.01 Å². The topological polar surface area (TPSA) is 78.7 Å². The van der Waals surface area contributed by atoms with Crippen LogP contribution in [0.1, 0.15) is 36.3 Å². The molecule has 1 aliphatic heterocycles. The predicted octanol–water partition coefficient (Wildman–Crippen LogP) is 4.79. The van der Waals surface area contributed by atoms with E-state index in [1.165, 1.54) is 11.9 Å². The van der Waals surface area contributed by atoms with Crippen molar-refractivity contribution in [3.63, 3.8) is 0 Å². The molecule has 0 radical (unpaired) electrons. The van der Waals surface area contributed by atoms with Gasteiger partial charge in [-0.05, 0) is 36.8 Å². The molecule has 2 aromatic carbocycles. The number of hydrazone groups is 1. The molecule has 0 saturated heterocycles. The summed E-state index contributed by atoms with van der Waals surface area (Å²) >= 11 is 0. The molecule has 1 N–H and O–H groups in total. The number of carbonyl (C=O) groups is 1. The maximum absolute atomic E-state index is 13.3. The van der Waals surface area contributed by atoms with Crippen LogP contribution in [0.25, 0.3) is 22.0 Å².